The van der Waals surface area contributed by atoms with Gasteiger partial charge in [0.25, 0.3) is 0 Å². The molecule has 0 radical (unpaired) electrons. The molecule has 1 heterocycles. The molecule has 0 atom stereocenters. The van der Waals surface area contributed by atoms with Gasteiger partial charge in [0, 0.05) is 17.9 Å². The van der Waals surface area contributed by atoms with Crippen LogP contribution in [0.5, 0.6) is 0 Å². The van der Waals surface area contributed by atoms with Gasteiger partial charge in [0.1, 0.15) is 0 Å². The summed E-state index contributed by atoms with van der Waals surface area (Å²) in [7, 11) is 0. The second-order valence-electron chi connectivity index (χ2n) is 5.03. The van der Waals surface area contributed by atoms with Gasteiger partial charge < -0.3 is 10.4 Å². The van der Waals surface area contributed by atoms with E-state index in [1.54, 1.807) is 0 Å². The summed E-state index contributed by atoms with van der Waals surface area (Å²) in [6.07, 6.45) is 1.62. The van der Waals surface area contributed by atoms with Gasteiger partial charge in [0.15, 0.2) is 5.82 Å². The summed E-state index contributed by atoms with van der Waals surface area (Å²) in [4.78, 5) is 4.47. The fourth-order valence-electron chi connectivity index (χ4n) is 2.25. The normalized spacial score (nSPS) is 10.6. The number of hydrogen-bond acceptors (Lipinski definition) is 4. The Morgan fingerprint density at radius 2 is 1.91 bits per heavy atom. The number of aromatic amines is 1. The topological polar surface area (TPSA) is 73.8 Å². The molecule has 0 fully saturated rings. The number of nitrogens with one attached hydrogen (secondary N) is 2. The number of aliphatic hydroxyl groups is 1. The molecule has 5 nitrogen and oxygen atoms in total. The lowest BCUT2D eigenvalue weighted by atomic mass is 10.1. The highest BCUT2D eigenvalue weighted by atomic mass is 16.2. The lowest BCUT2D eigenvalue weighted by Crippen LogP contribution is -1.92. The average molecular weight is 294 g/mol. The average Bonchev–Trinajstić information content (AvgIpc) is 3.03. The molecular weight excluding hydrogens is 276 g/mol. The molecule has 0 spiro atoms. The number of hydrogen-bond donors (Lipinski definition) is 3. The van der Waals surface area contributed by atoms with Gasteiger partial charge in [-0.15, -0.1) is 5.10 Å². The summed E-state index contributed by atoms with van der Waals surface area (Å²) in [5.74, 6) is 1.27. The summed E-state index contributed by atoms with van der Waals surface area (Å²) in [5.41, 5.74) is 3.12. The third kappa shape index (κ3) is 3.51. The Kier molecular flexibility index (Phi) is 4.46. The van der Waals surface area contributed by atoms with E-state index in [1.165, 1.54) is 5.56 Å². The molecule has 3 rings (SSSR count). The Balaban J connectivity index is 1.76. The first-order chi connectivity index (χ1) is 10.8. The molecule has 5 heteroatoms. The molecular formula is C17H18N4O. The van der Waals surface area contributed by atoms with Crippen molar-refractivity contribution in [1.82, 2.24) is 15.2 Å². The minimum Gasteiger partial charge on any atom is -0.396 e. The van der Waals surface area contributed by atoms with Crippen molar-refractivity contribution in [2.24, 2.45) is 0 Å². The van der Waals surface area contributed by atoms with Crippen molar-refractivity contribution in [3.8, 4) is 11.4 Å². The second-order valence-corrected chi connectivity index (χ2v) is 5.03. The third-order valence-corrected chi connectivity index (χ3v) is 3.34. The van der Waals surface area contributed by atoms with Crippen molar-refractivity contribution in [2.45, 2.75) is 12.8 Å². The summed E-state index contributed by atoms with van der Waals surface area (Å²) in [6, 6.07) is 17.9. The second kappa shape index (κ2) is 6.87. The summed E-state index contributed by atoms with van der Waals surface area (Å²) < 4.78 is 0. The van der Waals surface area contributed by atoms with E-state index >= 15 is 0 Å². The number of aliphatic hydroxyl groups excluding tert-OH is 1. The number of nitrogens with zero attached hydrogens (tertiary/aromatic N) is 2. The van der Waals surface area contributed by atoms with E-state index in [2.05, 4.69) is 32.6 Å². The molecule has 0 unspecified atom stereocenters. The maximum Gasteiger partial charge on any atom is 0.246 e. The molecule has 0 amide bonds. The molecule has 0 saturated heterocycles. The smallest absolute Gasteiger partial charge is 0.246 e. The van der Waals surface area contributed by atoms with Crippen LogP contribution in [-0.4, -0.2) is 26.9 Å². The van der Waals surface area contributed by atoms with Crippen molar-refractivity contribution >= 4 is 11.6 Å². The number of aryl methyl sites for hydroxylation is 1. The largest absolute Gasteiger partial charge is 0.396 e. The number of aromatic nitrogens is 3. The van der Waals surface area contributed by atoms with E-state index in [0.29, 0.717) is 5.95 Å². The van der Waals surface area contributed by atoms with Gasteiger partial charge in [-0.3, -0.25) is 5.10 Å². The van der Waals surface area contributed by atoms with Crippen LogP contribution in [0.25, 0.3) is 11.4 Å². The summed E-state index contributed by atoms with van der Waals surface area (Å²) >= 11 is 0. The van der Waals surface area contributed by atoms with Gasteiger partial charge in [-0.2, -0.15) is 4.98 Å². The van der Waals surface area contributed by atoms with Crippen LogP contribution in [0, 0.1) is 0 Å². The Labute approximate surface area is 129 Å². The van der Waals surface area contributed by atoms with Gasteiger partial charge in [0.2, 0.25) is 5.95 Å². The van der Waals surface area contributed by atoms with Crippen LogP contribution in [0.4, 0.5) is 11.6 Å². The van der Waals surface area contributed by atoms with Crippen LogP contribution >= 0.6 is 0 Å². The molecule has 112 valence electrons. The van der Waals surface area contributed by atoms with Crippen LogP contribution in [0.15, 0.2) is 54.6 Å². The zero-order chi connectivity index (χ0) is 15.2. The standard InChI is InChI=1S/C17H18N4O/c22-11-5-7-13-6-4-8-14(12-13)16-19-17(21-20-16)18-15-9-2-1-3-10-15/h1-4,6,8-10,12,22H,5,7,11H2,(H2,18,19,20,21). The van der Waals surface area contributed by atoms with Crippen molar-refractivity contribution in [1.29, 1.82) is 0 Å². The Morgan fingerprint density at radius 3 is 2.73 bits per heavy atom. The van der Waals surface area contributed by atoms with E-state index in [1.807, 2.05) is 42.5 Å². The van der Waals surface area contributed by atoms with Crippen LogP contribution in [0.1, 0.15) is 12.0 Å². The fourth-order valence-corrected chi connectivity index (χ4v) is 2.25. The maximum absolute atomic E-state index is 8.92. The maximum atomic E-state index is 8.92. The van der Waals surface area contributed by atoms with E-state index in [9.17, 15) is 0 Å². The first-order valence-electron chi connectivity index (χ1n) is 7.30. The minimum atomic E-state index is 0.206. The van der Waals surface area contributed by atoms with Gasteiger partial charge in [0.05, 0.1) is 0 Å². The molecule has 0 aliphatic rings. The third-order valence-electron chi connectivity index (χ3n) is 3.34. The number of rotatable bonds is 6. The molecule has 0 saturated carbocycles. The monoisotopic (exact) mass is 294 g/mol. The van der Waals surface area contributed by atoms with Crippen LogP contribution < -0.4 is 5.32 Å². The molecule has 3 N–H and O–H groups in total. The fraction of sp³-hybridized carbons (Fsp3) is 0.176. The lowest BCUT2D eigenvalue weighted by Gasteiger charge is -2.02. The van der Waals surface area contributed by atoms with Crippen LogP contribution in [0.3, 0.4) is 0 Å². The van der Waals surface area contributed by atoms with Crippen molar-refractivity contribution in [3.63, 3.8) is 0 Å². The highest BCUT2D eigenvalue weighted by Gasteiger charge is 2.06. The lowest BCUT2D eigenvalue weighted by molar-refractivity contribution is 0.288. The predicted octanol–water partition coefficient (Wildman–Crippen LogP) is 3.14. The van der Waals surface area contributed by atoms with E-state index in [0.717, 1.165) is 29.9 Å². The first-order valence-corrected chi connectivity index (χ1v) is 7.30. The van der Waals surface area contributed by atoms with Crippen LogP contribution in [0.2, 0.25) is 0 Å². The minimum absolute atomic E-state index is 0.206. The molecule has 0 aliphatic heterocycles. The Morgan fingerprint density at radius 1 is 1.05 bits per heavy atom. The quantitative estimate of drug-likeness (QED) is 0.653. The molecule has 1 aromatic heterocycles. The van der Waals surface area contributed by atoms with Gasteiger partial charge in [-0.1, -0.05) is 36.4 Å². The molecule has 3 aromatic rings. The van der Waals surface area contributed by atoms with E-state index in [-0.39, 0.29) is 6.61 Å². The van der Waals surface area contributed by atoms with Crippen molar-refractivity contribution in [3.05, 3.63) is 60.2 Å². The van der Waals surface area contributed by atoms with Gasteiger partial charge in [-0.05, 0) is 36.6 Å². The van der Waals surface area contributed by atoms with E-state index in [4.69, 9.17) is 5.11 Å². The van der Waals surface area contributed by atoms with Gasteiger partial charge in [-0.25, -0.2) is 0 Å². The SMILES string of the molecule is OCCCc1cccc(-c2nc(Nc3ccccc3)n[nH]2)c1. The Bertz CT molecular complexity index is 724. The zero-order valence-corrected chi connectivity index (χ0v) is 12.2. The molecule has 22 heavy (non-hydrogen) atoms. The zero-order valence-electron chi connectivity index (χ0n) is 12.2. The summed E-state index contributed by atoms with van der Waals surface area (Å²) in [5, 5.41) is 19.2. The van der Waals surface area contributed by atoms with E-state index < -0.39 is 0 Å². The number of H-pyrrole nitrogens is 1. The van der Waals surface area contributed by atoms with Crippen LogP contribution in [-0.2, 0) is 6.42 Å². The molecule has 2 aromatic carbocycles. The Hall–Kier alpha value is -2.66. The van der Waals surface area contributed by atoms with Gasteiger partial charge >= 0.3 is 0 Å². The predicted molar refractivity (Wildman–Crippen MR) is 87.0 cm³/mol. The molecule has 0 bridgehead atoms. The first kappa shape index (κ1) is 14.3. The number of para-hydroxylation sites is 1. The molecule has 0 aliphatic carbocycles. The highest BCUT2D eigenvalue weighted by molar-refractivity contribution is 5.59. The summed E-state index contributed by atoms with van der Waals surface area (Å²) in [6.45, 7) is 0.206. The van der Waals surface area contributed by atoms with Crippen molar-refractivity contribution < 1.29 is 5.11 Å². The van der Waals surface area contributed by atoms with Crippen molar-refractivity contribution in [2.75, 3.05) is 11.9 Å². The highest BCUT2D eigenvalue weighted by Crippen LogP contribution is 2.19. The number of anilines is 2. The number of benzene rings is 2.